The van der Waals surface area contributed by atoms with Crippen molar-refractivity contribution >= 4 is 27.6 Å². The molecule has 0 fully saturated rings. The molecular formula is C12H17BrN2O2. The Morgan fingerprint density at radius 3 is 2.82 bits per heavy atom. The van der Waals surface area contributed by atoms with Gasteiger partial charge in [-0.15, -0.1) is 0 Å². The molecule has 1 aromatic rings. The number of hydrogen-bond donors (Lipinski definition) is 2. The first-order valence-electron chi connectivity index (χ1n) is 5.35. The van der Waals surface area contributed by atoms with Crippen LogP contribution in [0.1, 0.15) is 12.5 Å². The van der Waals surface area contributed by atoms with Crippen LogP contribution in [-0.2, 0) is 4.74 Å². The quantitative estimate of drug-likeness (QED) is 0.898. The van der Waals surface area contributed by atoms with Crippen molar-refractivity contribution in [2.45, 2.75) is 19.9 Å². The standard InChI is InChI=1S/C12H17BrN2O2/c1-8-6-10(4-5-11(8)13)15-12(16)14-9(2)7-17-3/h4-6,9H,7H2,1-3H3,(H2,14,15,16). The van der Waals surface area contributed by atoms with Gasteiger partial charge in [0.1, 0.15) is 0 Å². The van der Waals surface area contributed by atoms with Crippen LogP contribution >= 0.6 is 15.9 Å². The van der Waals surface area contributed by atoms with Gasteiger partial charge in [0.2, 0.25) is 0 Å². The van der Waals surface area contributed by atoms with Gasteiger partial charge in [-0.1, -0.05) is 15.9 Å². The average Bonchev–Trinajstić information content (AvgIpc) is 2.23. The number of aryl methyl sites for hydroxylation is 1. The molecule has 0 aliphatic heterocycles. The molecule has 0 aromatic heterocycles. The van der Waals surface area contributed by atoms with Crippen molar-refractivity contribution in [3.63, 3.8) is 0 Å². The van der Waals surface area contributed by atoms with E-state index in [1.165, 1.54) is 0 Å². The van der Waals surface area contributed by atoms with E-state index in [2.05, 4.69) is 26.6 Å². The van der Waals surface area contributed by atoms with E-state index in [1.807, 2.05) is 32.0 Å². The van der Waals surface area contributed by atoms with E-state index in [1.54, 1.807) is 7.11 Å². The SMILES string of the molecule is COCC(C)NC(=O)Nc1ccc(Br)c(C)c1. The molecule has 0 aliphatic carbocycles. The van der Waals surface area contributed by atoms with E-state index >= 15 is 0 Å². The molecule has 4 nitrogen and oxygen atoms in total. The van der Waals surface area contributed by atoms with Gasteiger partial charge in [-0.05, 0) is 37.6 Å². The summed E-state index contributed by atoms with van der Waals surface area (Å²) in [5, 5.41) is 5.55. The number of rotatable bonds is 4. The number of hydrogen-bond acceptors (Lipinski definition) is 2. The van der Waals surface area contributed by atoms with Crippen molar-refractivity contribution < 1.29 is 9.53 Å². The third-order valence-corrected chi connectivity index (χ3v) is 3.10. The first-order valence-corrected chi connectivity index (χ1v) is 6.15. The van der Waals surface area contributed by atoms with E-state index in [9.17, 15) is 4.79 Å². The first kappa shape index (κ1) is 14.0. The maximum Gasteiger partial charge on any atom is 0.319 e. The van der Waals surface area contributed by atoms with Crippen molar-refractivity contribution in [3.8, 4) is 0 Å². The number of benzene rings is 1. The number of urea groups is 1. The molecule has 5 heteroatoms. The number of amides is 2. The van der Waals surface area contributed by atoms with Crippen molar-refractivity contribution in [1.29, 1.82) is 0 Å². The van der Waals surface area contributed by atoms with E-state index in [4.69, 9.17) is 4.74 Å². The average molecular weight is 301 g/mol. The predicted octanol–water partition coefficient (Wildman–Crippen LogP) is 2.91. The second-order valence-electron chi connectivity index (χ2n) is 3.92. The highest BCUT2D eigenvalue weighted by atomic mass is 79.9. The normalized spacial score (nSPS) is 12.0. The fraction of sp³-hybridized carbons (Fsp3) is 0.417. The zero-order chi connectivity index (χ0) is 12.8. The fourth-order valence-corrected chi connectivity index (χ4v) is 1.65. The number of carbonyl (C=O) groups is 1. The second kappa shape index (κ2) is 6.61. The predicted molar refractivity (Wildman–Crippen MR) is 72.4 cm³/mol. The summed E-state index contributed by atoms with van der Waals surface area (Å²) in [4.78, 5) is 11.6. The second-order valence-corrected chi connectivity index (χ2v) is 4.77. The number of anilines is 1. The zero-order valence-corrected chi connectivity index (χ0v) is 11.8. The van der Waals surface area contributed by atoms with Gasteiger partial charge in [0.05, 0.1) is 12.6 Å². The Balaban J connectivity index is 2.53. The van der Waals surface area contributed by atoms with Crippen LogP contribution in [0.5, 0.6) is 0 Å². The monoisotopic (exact) mass is 300 g/mol. The lowest BCUT2D eigenvalue weighted by molar-refractivity contribution is 0.173. The van der Waals surface area contributed by atoms with Gasteiger partial charge in [-0.2, -0.15) is 0 Å². The summed E-state index contributed by atoms with van der Waals surface area (Å²) in [5.41, 5.74) is 1.85. The Labute approximate surface area is 110 Å². The van der Waals surface area contributed by atoms with Crippen LogP contribution in [0, 0.1) is 6.92 Å². The Hall–Kier alpha value is -1.07. The van der Waals surface area contributed by atoms with E-state index in [0.717, 1.165) is 15.7 Å². The Kier molecular flexibility index (Phi) is 5.44. The van der Waals surface area contributed by atoms with Gasteiger partial charge in [0.25, 0.3) is 0 Å². The van der Waals surface area contributed by atoms with E-state index in [-0.39, 0.29) is 12.1 Å². The molecule has 2 N–H and O–H groups in total. The van der Waals surface area contributed by atoms with Crippen LogP contribution in [0.3, 0.4) is 0 Å². The van der Waals surface area contributed by atoms with Crippen molar-refractivity contribution in [2.24, 2.45) is 0 Å². The number of ether oxygens (including phenoxy) is 1. The summed E-state index contributed by atoms with van der Waals surface area (Å²) in [7, 11) is 1.61. The number of methoxy groups -OCH3 is 1. The molecule has 0 saturated carbocycles. The molecular weight excluding hydrogens is 284 g/mol. The van der Waals surface area contributed by atoms with Crippen molar-refractivity contribution in [1.82, 2.24) is 5.32 Å². The number of carbonyl (C=O) groups excluding carboxylic acids is 1. The number of nitrogens with one attached hydrogen (secondary N) is 2. The summed E-state index contributed by atoms with van der Waals surface area (Å²) in [6, 6.07) is 5.42. The number of halogens is 1. The highest BCUT2D eigenvalue weighted by molar-refractivity contribution is 9.10. The topological polar surface area (TPSA) is 50.4 Å². The largest absolute Gasteiger partial charge is 0.383 e. The maximum atomic E-state index is 11.6. The van der Waals surface area contributed by atoms with Crippen LogP contribution in [0.4, 0.5) is 10.5 Å². The maximum absolute atomic E-state index is 11.6. The van der Waals surface area contributed by atoms with Crippen LogP contribution < -0.4 is 10.6 Å². The molecule has 1 rings (SSSR count). The van der Waals surface area contributed by atoms with Gasteiger partial charge in [0, 0.05) is 17.3 Å². The summed E-state index contributed by atoms with van der Waals surface area (Å²) >= 11 is 3.41. The molecule has 1 atom stereocenters. The minimum Gasteiger partial charge on any atom is -0.383 e. The molecule has 0 radical (unpaired) electrons. The molecule has 1 aromatic carbocycles. The molecule has 2 amide bonds. The van der Waals surface area contributed by atoms with Crippen LogP contribution in [0.2, 0.25) is 0 Å². The van der Waals surface area contributed by atoms with Gasteiger partial charge in [-0.25, -0.2) is 4.79 Å². The van der Waals surface area contributed by atoms with Crippen molar-refractivity contribution in [3.05, 3.63) is 28.2 Å². The smallest absolute Gasteiger partial charge is 0.319 e. The molecule has 94 valence electrons. The third kappa shape index (κ3) is 4.75. The highest BCUT2D eigenvalue weighted by Crippen LogP contribution is 2.19. The van der Waals surface area contributed by atoms with Gasteiger partial charge >= 0.3 is 6.03 Å². The lowest BCUT2D eigenvalue weighted by Crippen LogP contribution is -2.38. The Morgan fingerprint density at radius 1 is 1.53 bits per heavy atom. The lowest BCUT2D eigenvalue weighted by atomic mass is 10.2. The zero-order valence-electron chi connectivity index (χ0n) is 10.2. The summed E-state index contributed by atoms with van der Waals surface area (Å²) in [5.74, 6) is 0. The molecule has 0 bridgehead atoms. The van der Waals surface area contributed by atoms with Crippen molar-refractivity contribution in [2.75, 3.05) is 19.0 Å². The summed E-state index contributed by atoms with van der Waals surface area (Å²) in [6.07, 6.45) is 0. The van der Waals surface area contributed by atoms with Crippen LogP contribution in [0.15, 0.2) is 22.7 Å². The van der Waals surface area contributed by atoms with Crippen LogP contribution in [-0.4, -0.2) is 25.8 Å². The minimum absolute atomic E-state index is 0.0171. The van der Waals surface area contributed by atoms with Gasteiger partial charge < -0.3 is 15.4 Å². The molecule has 0 heterocycles. The molecule has 1 unspecified atom stereocenters. The third-order valence-electron chi connectivity index (χ3n) is 2.21. The summed E-state index contributed by atoms with van der Waals surface area (Å²) in [6.45, 7) is 4.35. The molecule has 0 aliphatic rings. The molecule has 0 saturated heterocycles. The minimum atomic E-state index is -0.226. The Bertz CT molecular complexity index is 396. The lowest BCUT2D eigenvalue weighted by Gasteiger charge is -2.14. The van der Waals surface area contributed by atoms with Gasteiger partial charge in [-0.3, -0.25) is 0 Å². The first-order chi connectivity index (χ1) is 8.02. The molecule has 0 spiro atoms. The van der Waals surface area contributed by atoms with Crippen LogP contribution in [0.25, 0.3) is 0 Å². The van der Waals surface area contributed by atoms with Gasteiger partial charge in [0.15, 0.2) is 0 Å². The van der Waals surface area contributed by atoms with E-state index < -0.39 is 0 Å². The molecule has 17 heavy (non-hydrogen) atoms. The van der Waals surface area contributed by atoms with E-state index in [0.29, 0.717) is 6.61 Å². The Morgan fingerprint density at radius 2 is 2.24 bits per heavy atom. The highest BCUT2D eigenvalue weighted by Gasteiger charge is 2.07. The summed E-state index contributed by atoms with van der Waals surface area (Å²) < 4.78 is 5.97. The fourth-order valence-electron chi connectivity index (χ4n) is 1.41.